The van der Waals surface area contributed by atoms with Gasteiger partial charge in [0.05, 0.1) is 26.3 Å². The number of fused-ring (bicyclic) bond motifs is 1. The Kier molecular flexibility index (Phi) is 8.62. The molecule has 1 unspecified atom stereocenters. The second kappa shape index (κ2) is 12.2. The Morgan fingerprint density at radius 3 is 2.71 bits per heavy atom. The van der Waals surface area contributed by atoms with Gasteiger partial charge in [0.2, 0.25) is 0 Å². The monoisotopic (exact) mass is 563 g/mol. The normalized spacial score (nSPS) is 21.7. The highest BCUT2D eigenvalue weighted by Crippen LogP contribution is 2.40. The average molecular weight is 564 g/mol. The number of halogens is 2. The molecule has 0 bridgehead atoms. The number of likely N-dealkylation sites (tertiary alicyclic amines) is 2. The van der Waals surface area contributed by atoms with Crippen molar-refractivity contribution < 1.29 is 18.3 Å². The number of nitriles is 1. The van der Waals surface area contributed by atoms with Gasteiger partial charge in [0.15, 0.2) is 0 Å². The number of hydrogen-bond acceptors (Lipinski definition) is 5. The first kappa shape index (κ1) is 29.0. The highest BCUT2D eigenvalue weighted by atomic mass is 19.3. The number of amides is 1. The molecular formula is C32H39F2N5O2. The quantitative estimate of drug-likeness (QED) is 0.332. The van der Waals surface area contributed by atoms with E-state index >= 15 is 0 Å². The molecule has 2 fully saturated rings. The Bertz CT molecular complexity index is 1410. The molecule has 7 nitrogen and oxygen atoms in total. The van der Waals surface area contributed by atoms with Crippen molar-refractivity contribution in [2.75, 3.05) is 39.8 Å². The third-order valence-corrected chi connectivity index (χ3v) is 8.60. The Morgan fingerprint density at radius 1 is 1.27 bits per heavy atom. The molecule has 41 heavy (non-hydrogen) atoms. The Labute approximate surface area is 240 Å². The lowest BCUT2D eigenvalue weighted by Gasteiger charge is -2.40. The first-order valence-electron chi connectivity index (χ1n) is 14.4. The van der Waals surface area contributed by atoms with Gasteiger partial charge in [-0.25, -0.2) is 8.78 Å². The predicted octanol–water partition coefficient (Wildman–Crippen LogP) is 5.67. The molecular weight excluding hydrogens is 524 g/mol. The van der Waals surface area contributed by atoms with Crippen molar-refractivity contribution in [1.29, 1.82) is 5.26 Å². The zero-order valence-electron chi connectivity index (χ0n) is 24.1. The molecule has 0 radical (unpaired) electrons. The third kappa shape index (κ3) is 6.55. The molecule has 2 N–H and O–H groups in total. The van der Waals surface area contributed by atoms with Crippen LogP contribution in [0.4, 0.5) is 8.78 Å². The molecule has 1 aromatic heterocycles. The first-order valence-corrected chi connectivity index (χ1v) is 14.4. The minimum atomic E-state index is -2.60. The predicted molar refractivity (Wildman–Crippen MR) is 155 cm³/mol. The number of carbonyl (C=O) groups excluding carboxylic acids is 1. The van der Waals surface area contributed by atoms with Crippen molar-refractivity contribution >= 4 is 16.8 Å². The number of rotatable bonds is 10. The van der Waals surface area contributed by atoms with Crippen LogP contribution in [0.2, 0.25) is 0 Å². The number of ether oxygens (including phenoxy) is 1. The second-order valence-corrected chi connectivity index (χ2v) is 11.7. The molecule has 218 valence electrons. The van der Waals surface area contributed by atoms with Crippen LogP contribution in [0.25, 0.3) is 10.9 Å². The van der Waals surface area contributed by atoms with E-state index in [0.29, 0.717) is 24.6 Å². The van der Waals surface area contributed by atoms with Gasteiger partial charge in [-0.05, 0) is 81.0 Å². The summed E-state index contributed by atoms with van der Waals surface area (Å²) in [5.74, 6) is -1.48. The Morgan fingerprint density at radius 2 is 2.02 bits per heavy atom. The van der Waals surface area contributed by atoms with Gasteiger partial charge in [-0.1, -0.05) is 12.1 Å². The fraction of sp³-hybridized carbons (Fsp3) is 0.500. The average Bonchev–Trinajstić information content (AvgIpc) is 3.45. The van der Waals surface area contributed by atoms with E-state index in [9.17, 15) is 18.8 Å². The van der Waals surface area contributed by atoms with Gasteiger partial charge in [-0.15, -0.1) is 0 Å². The summed E-state index contributed by atoms with van der Waals surface area (Å²) in [5, 5.41) is 13.4. The van der Waals surface area contributed by atoms with E-state index in [1.165, 1.54) is 0 Å². The van der Waals surface area contributed by atoms with Crippen LogP contribution in [0, 0.1) is 30.1 Å². The van der Waals surface area contributed by atoms with Gasteiger partial charge >= 0.3 is 0 Å². The zero-order chi connectivity index (χ0) is 29.1. The minimum absolute atomic E-state index is 0.0115. The number of nitrogens with one attached hydrogen (secondary N) is 2. The lowest BCUT2D eigenvalue weighted by atomic mass is 9.82. The molecule has 2 aromatic carbocycles. The number of aromatic nitrogens is 1. The van der Waals surface area contributed by atoms with E-state index in [2.05, 4.69) is 40.3 Å². The van der Waals surface area contributed by atoms with E-state index in [1.54, 1.807) is 12.0 Å². The number of piperidine rings is 1. The largest absolute Gasteiger partial charge is 0.496 e. The minimum Gasteiger partial charge on any atom is -0.496 e. The molecule has 5 rings (SSSR count). The molecule has 3 aromatic rings. The molecule has 2 aliphatic heterocycles. The summed E-state index contributed by atoms with van der Waals surface area (Å²) in [6.45, 7) is 5.95. The van der Waals surface area contributed by atoms with Gasteiger partial charge in [0.1, 0.15) is 5.75 Å². The Balaban J connectivity index is 1.32. The number of aromatic amines is 1. The molecule has 1 amide bonds. The van der Waals surface area contributed by atoms with Crippen molar-refractivity contribution in [2.24, 2.45) is 11.8 Å². The number of aryl methyl sites for hydroxylation is 1. The first-order chi connectivity index (χ1) is 19.7. The summed E-state index contributed by atoms with van der Waals surface area (Å²) in [4.78, 5) is 20.2. The third-order valence-electron chi connectivity index (χ3n) is 8.60. The lowest BCUT2D eigenvalue weighted by Crippen LogP contribution is -2.57. The number of methoxy groups -OCH3 is 1. The molecule has 0 spiro atoms. The molecule has 0 saturated carbocycles. The lowest BCUT2D eigenvalue weighted by molar-refractivity contribution is -0.129. The van der Waals surface area contributed by atoms with Crippen LogP contribution >= 0.6 is 0 Å². The SMILES string of the molecule is COc1cc(C)c2[nH]ccc2c1CN1CCC(C[C@H](C)C#N)C[C@H]1c1ccc(C(=O)NCCN2CC(F)(F)C2)cc1. The molecule has 0 aliphatic carbocycles. The maximum Gasteiger partial charge on any atom is 0.272 e. The van der Waals surface area contributed by atoms with Crippen LogP contribution in [0.3, 0.4) is 0 Å². The van der Waals surface area contributed by atoms with Crippen LogP contribution in [0.5, 0.6) is 5.75 Å². The van der Waals surface area contributed by atoms with Crippen LogP contribution in [-0.4, -0.2) is 66.4 Å². The number of hydrogen-bond donors (Lipinski definition) is 2. The van der Waals surface area contributed by atoms with Crippen molar-refractivity contribution in [3.8, 4) is 11.8 Å². The molecule has 9 heteroatoms. The van der Waals surface area contributed by atoms with Crippen molar-refractivity contribution in [3.05, 3.63) is 64.8 Å². The summed E-state index contributed by atoms with van der Waals surface area (Å²) >= 11 is 0. The second-order valence-electron chi connectivity index (χ2n) is 11.7. The standard InChI is InChI=1S/C32H39F2N5O2/c1-21(17-35)14-23-9-12-39(18-27-26-8-10-36-30(26)22(2)15-29(27)41-3)28(16-23)24-4-6-25(7-5-24)31(40)37-11-13-38-19-32(33,34)20-38/h4-8,10,15,21,23,28,36H,9,11-14,16,18-20H2,1-3H3,(H,37,40)/t21-,23?,28-/m0/s1. The van der Waals surface area contributed by atoms with E-state index in [4.69, 9.17) is 4.74 Å². The number of carbonyl (C=O) groups is 1. The van der Waals surface area contributed by atoms with Gasteiger partial charge in [-0.3, -0.25) is 14.6 Å². The van der Waals surface area contributed by atoms with Crippen LogP contribution in [0.1, 0.15) is 59.3 Å². The molecule has 2 aliphatic rings. The topological polar surface area (TPSA) is 84.4 Å². The van der Waals surface area contributed by atoms with E-state index in [1.807, 2.05) is 37.4 Å². The van der Waals surface area contributed by atoms with E-state index < -0.39 is 5.92 Å². The summed E-state index contributed by atoms with van der Waals surface area (Å²) in [7, 11) is 1.71. The van der Waals surface area contributed by atoms with Crippen LogP contribution in [0.15, 0.2) is 42.6 Å². The number of nitrogens with zero attached hydrogens (tertiary/aromatic N) is 3. The number of H-pyrrole nitrogens is 1. The van der Waals surface area contributed by atoms with Crippen molar-refractivity contribution in [1.82, 2.24) is 20.1 Å². The van der Waals surface area contributed by atoms with Gasteiger partial charge in [0, 0.05) is 59.8 Å². The molecule has 3 atom stereocenters. The van der Waals surface area contributed by atoms with Crippen molar-refractivity contribution in [3.63, 3.8) is 0 Å². The van der Waals surface area contributed by atoms with Gasteiger partial charge < -0.3 is 15.0 Å². The fourth-order valence-electron chi connectivity index (χ4n) is 6.43. The number of benzene rings is 2. The van der Waals surface area contributed by atoms with Crippen molar-refractivity contribution in [2.45, 2.75) is 51.6 Å². The van der Waals surface area contributed by atoms with Crippen LogP contribution in [-0.2, 0) is 6.54 Å². The summed E-state index contributed by atoms with van der Waals surface area (Å²) in [5.41, 5.74) is 5.10. The van der Waals surface area contributed by atoms with Crippen LogP contribution < -0.4 is 10.1 Å². The zero-order valence-corrected chi connectivity index (χ0v) is 24.1. The smallest absolute Gasteiger partial charge is 0.272 e. The summed E-state index contributed by atoms with van der Waals surface area (Å²) in [6, 6.07) is 14.5. The summed E-state index contributed by atoms with van der Waals surface area (Å²) in [6.07, 6.45) is 4.80. The molecule has 3 heterocycles. The maximum atomic E-state index is 13.0. The highest BCUT2D eigenvalue weighted by Gasteiger charge is 2.43. The van der Waals surface area contributed by atoms with E-state index in [0.717, 1.165) is 65.7 Å². The van der Waals surface area contributed by atoms with E-state index in [-0.39, 0.29) is 31.0 Å². The maximum absolute atomic E-state index is 13.0. The Hall–Kier alpha value is -3.48. The fourth-order valence-corrected chi connectivity index (χ4v) is 6.43. The summed E-state index contributed by atoms with van der Waals surface area (Å²) < 4.78 is 31.9. The number of alkyl halides is 2. The highest BCUT2D eigenvalue weighted by molar-refractivity contribution is 5.94. The van der Waals surface area contributed by atoms with Gasteiger partial charge in [-0.2, -0.15) is 5.26 Å². The molecule has 2 saturated heterocycles. The van der Waals surface area contributed by atoms with Gasteiger partial charge in [0.25, 0.3) is 11.8 Å².